The molecule has 1 aliphatic heterocycles. The van der Waals surface area contributed by atoms with Crippen molar-refractivity contribution in [3.8, 4) is 0 Å². The number of alkyl halides is 2. The van der Waals surface area contributed by atoms with Crippen molar-refractivity contribution in [2.45, 2.75) is 24.9 Å². The summed E-state index contributed by atoms with van der Waals surface area (Å²) in [4.78, 5) is 11.9. The summed E-state index contributed by atoms with van der Waals surface area (Å²) in [6.07, 6.45) is -0.427. The van der Waals surface area contributed by atoms with E-state index in [-0.39, 0.29) is 5.91 Å². The van der Waals surface area contributed by atoms with E-state index in [1.807, 2.05) is 29.6 Å². The predicted octanol–water partition coefficient (Wildman–Crippen LogP) is 2.51. The molecular weight excluding hydrogens is 282 g/mol. The minimum absolute atomic E-state index is 0.363. The number of rotatable bonds is 3. The molecule has 1 unspecified atom stereocenters. The number of fused-ring (bicyclic) bond motifs is 1. The molecule has 2 heterocycles. The van der Waals surface area contributed by atoms with Crippen molar-refractivity contribution in [3.05, 3.63) is 35.2 Å². The van der Waals surface area contributed by atoms with E-state index < -0.39 is 24.9 Å². The summed E-state index contributed by atoms with van der Waals surface area (Å²) in [6, 6.07) is 7.13. The molecule has 1 aliphatic rings. The highest BCUT2D eigenvalue weighted by atomic mass is 32.1. The van der Waals surface area contributed by atoms with Crippen LogP contribution in [0.2, 0.25) is 0 Å². The van der Waals surface area contributed by atoms with Gasteiger partial charge in [0.05, 0.1) is 12.6 Å². The molecule has 0 spiro atoms. The average Bonchev–Trinajstić information content (AvgIpc) is 2.99. The molecule has 1 amide bonds. The van der Waals surface area contributed by atoms with E-state index >= 15 is 0 Å². The molecule has 3 rings (SSSR count). The van der Waals surface area contributed by atoms with Crippen molar-refractivity contribution >= 4 is 27.3 Å². The van der Waals surface area contributed by atoms with E-state index in [1.54, 1.807) is 11.3 Å². The van der Waals surface area contributed by atoms with Crippen LogP contribution in [-0.4, -0.2) is 24.4 Å². The Kier molecular flexibility index (Phi) is 3.43. The maximum absolute atomic E-state index is 13.0. The van der Waals surface area contributed by atoms with E-state index in [1.165, 1.54) is 0 Å². The summed E-state index contributed by atoms with van der Waals surface area (Å²) in [5.41, 5.74) is 1.02. The van der Waals surface area contributed by atoms with Crippen LogP contribution in [0.15, 0.2) is 29.6 Å². The average molecular weight is 296 g/mol. The summed E-state index contributed by atoms with van der Waals surface area (Å²) in [5, 5.41) is 8.37. The van der Waals surface area contributed by atoms with E-state index in [0.29, 0.717) is 6.54 Å². The van der Waals surface area contributed by atoms with Crippen molar-refractivity contribution in [1.82, 2.24) is 10.6 Å². The van der Waals surface area contributed by atoms with E-state index in [9.17, 15) is 13.6 Å². The molecule has 106 valence electrons. The smallest absolute Gasteiger partial charge is 0.262 e. The van der Waals surface area contributed by atoms with Crippen molar-refractivity contribution in [2.75, 3.05) is 6.54 Å². The third kappa shape index (κ3) is 2.66. The Hall–Kier alpha value is -1.53. The van der Waals surface area contributed by atoms with E-state index in [4.69, 9.17) is 0 Å². The summed E-state index contributed by atoms with van der Waals surface area (Å²) in [5.74, 6) is -3.14. The molecule has 20 heavy (non-hydrogen) atoms. The van der Waals surface area contributed by atoms with Gasteiger partial charge in [-0.3, -0.25) is 10.1 Å². The highest BCUT2D eigenvalue weighted by Gasteiger charge is 2.42. The molecule has 0 radical (unpaired) electrons. The highest BCUT2D eigenvalue weighted by Crippen LogP contribution is 2.27. The van der Waals surface area contributed by atoms with Crippen LogP contribution in [0, 0.1) is 0 Å². The second kappa shape index (κ2) is 5.10. The molecule has 2 N–H and O–H groups in total. The van der Waals surface area contributed by atoms with Gasteiger partial charge in [-0.1, -0.05) is 18.2 Å². The Bertz CT molecular complexity index is 641. The zero-order valence-electron chi connectivity index (χ0n) is 10.7. The minimum atomic E-state index is -2.78. The molecule has 1 saturated heterocycles. The number of hydrogen-bond acceptors (Lipinski definition) is 3. The van der Waals surface area contributed by atoms with Crippen LogP contribution >= 0.6 is 11.3 Å². The monoisotopic (exact) mass is 296 g/mol. The van der Waals surface area contributed by atoms with Crippen LogP contribution in [0.3, 0.4) is 0 Å². The Balaban J connectivity index is 1.64. The Labute approximate surface area is 119 Å². The van der Waals surface area contributed by atoms with Gasteiger partial charge >= 0.3 is 0 Å². The number of halogens is 2. The standard InChI is InChI=1S/C14H14F2N2OS/c15-14(16)5-11(18-8-14)13(19)17-6-9-7-20-12-4-2-1-3-10(9)12/h1-4,7,11,18H,5-6,8H2,(H,17,19). The zero-order valence-corrected chi connectivity index (χ0v) is 11.5. The maximum Gasteiger partial charge on any atom is 0.262 e. The summed E-state index contributed by atoms with van der Waals surface area (Å²) < 4.78 is 27.2. The topological polar surface area (TPSA) is 41.1 Å². The lowest BCUT2D eigenvalue weighted by Crippen LogP contribution is -2.39. The quantitative estimate of drug-likeness (QED) is 0.914. The first-order valence-corrected chi connectivity index (χ1v) is 7.27. The van der Waals surface area contributed by atoms with Crippen molar-refractivity contribution in [3.63, 3.8) is 0 Å². The predicted molar refractivity (Wildman–Crippen MR) is 75.0 cm³/mol. The van der Waals surface area contributed by atoms with Gasteiger partial charge in [-0.2, -0.15) is 0 Å². The van der Waals surface area contributed by atoms with Gasteiger partial charge < -0.3 is 5.32 Å². The van der Waals surface area contributed by atoms with Crippen LogP contribution in [0.1, 0.15) is 12.0 Å². The Morgan fingerprint density at radius 3 is 3.00 bits per heavy atom. The Morgan fingerprint density at radius 2 is 2.25 bits per heavy atom. The fourth-order valence-corrected chi connectivity index (χ4v) is 3.34. The third-order valence-corrected chi connectivity index (χ3v) is 4.45. The van der Waals surface area contributed by atoms with Gasteiger partial charge in [0.15, 0.2) is 0 Å². The molecule has 0 bridgehead atoms. The van der Waals surface area contributed by atoms with Crippen LogP contribution in [0.5, 0.6) is 0 Å². The number of nitrogens with one attached hydrogen (secondary N) is 2. The largest absolute Gasteiger partial charge is 0.351 e. The van der Waals surface area contributed by atoms with Crippen molar-refractivity contribution in [2.24, 2.45) is 0 Å². The molecular formula is C14H14F2N2OS. The summed E-state index contributed by atoms with van der Waals surface area (Å²) in [7, 11) is 0. The zero-order chi connectivity index (χ0) is 14.2. The number of amides is 1. The minimum Gasteiger partial charge on any atom is -0.351 e. The van der Waals surface area contributed by atoms with Crippen molar-refractivity contribution < 1.29 is 13.6 Å². The lowest BCUT2D eigenvalue weighted by atomic mass is 10.1. The second-order valence-corrected chi connectivity index (χ2v) is 5.88. The normalized spacial score (nSPS) is 21.2. The fourth-order valence-electron chi connectivity index (χ4n) is 2.38. The van der Waals surface area contributed by atoms with Gasteiger partial charge in [0.2, 0.25) is 5.91 Å². The molecule has 1 aromatic carbocycles. The van der Waals surface area contributed by atoms with Crippen molar-refractivity contribution in [1.29, 1.82) is 0 Å². The molecule has 1 atom stereocenters. The van der Waals surface area contributed by atoms with Gasteiger partial charge in [-0.15, -0.1) is 11.3 Å². The van der Waals surface area contributed by atoms with Crippen LogP contribution in [0.4, 0.5) is 8.78 Å². The molecule has 6 heteroatoms. The third-order valence-electron chi connectivity index (χ3n) is 3.44. The van der Waals surface area contributed by atoms with Crippen LogP contribution in [0.25, 0.3) is 10.1 Å². The first-order chi connectivity index (χ1) is 9.55. The molecule has 2 aromatic rings. The maximum atomic E-state index is 13.0. The van der Waals surface area contributed by atoms with E-state index in [2.05, 4.69) is 10.6 Å². The van der Waals surface area contributed by atoms with Gasteiger partial charge in [0, 0.05) is 17.7 Å². The number of carbonyl (C=O) groups excluding carboxylic acids is 1. The first-order valence-electron chi connectivity index (χ1n) is 6.39. The van der Waals surface area contributed by atoms with Gasteiger partial charge in [0.1, 0.15) is 0 Å². The lowest BCUT2D eigenvalue weighted by molar-refractivity contribution is -0.123. The lowest BCUT2D eigenvalue weighted by Gasteiger charge is -2.10. The summed E-state index contributed by atoms with van der Waals surface area (Å²) in [6.45, 7) is -0.0565. The van der Waals surface area contributed by atoms with Gasteiger partial charge in [-0.05, 0) is 22.4 Å². The van der Waals surface area contributed by atoms with Gasteiger partial charge in [-0.25, -0.2) is 8.78 Å². The molecule has 0 saturated carbocycles. The second-order valence-electron chi connectivity index (χ2n) is 4.97. The van der Waals surface area contributed by atoms with Crippen LogP contribution < -0.4 is 10.6 Å². The Morgan fingerprint density at radius 1 is 1.45 bits per heavy atom. The van der Waals surface area contributed by atoms with Crippen LogP contribution in [-0.2, 0) is 11.3 Å². The highest BCUT2D eigenvalue weighted by molar-refractivity contribution is 7.17. The van der Waals surface area contributed by atoms with Gasteiger partial charge in [0.25, 0.3) is 5.92 Å². The SMILES string of the molecule is O=C(NCc1csc2ccccc12)C1CC(F)(F)CN1. The summed E-state index contributed by atoms with van der Waals surface area (Å²) >= 11 is 1.61. The number of hydrogen-bond donors (Lipinski definition) is 2. The number of benzene rings is 1. The molecule has 1 aromatic heterocycles. The molecule has 1 fully saturated rings. The molecule has 3 nitrogen and oxygen atoms in total. The first kappa shape index (κ1) is 13.5. The number of thiophene rings is 1. The molecule has 0 aliphatic carbocycles. The fraction of sp³-hybridized carbons (Fsp3) is 0.357. The van der Waals surface area contributed by atoms with E-state index in [0.717, 1.165) is 15.6 Å². The number of carbonyl (C=O) groups is 1.